The first-order valence-corrected chi connectivity index (χ1v) is 10.9. The summed E-state index contributed by atoms with van der Waals surface area (Å²) in [5, 5.41) is 0.674. The summed E-state index contributed by atoms with van der Waals surface area (Å²) in [6.07, 6.45) is 8.40. The quantitative estimate of drug-likeness (QED) is 0.747. The van der Waals surface area contributed by atoms with E-state index >= 15 is 0 Å². The molecular formula is C23H28ClN3O2. The summed E-state index contributed by atoms with van der Waals surface area (Å²) >= 11 is 6.20. The van der Waals surface area contributed by atoms with E-state index in [2.05, 4.69) is 9.88 Å². The van der Waals surface area contributed by atoms with E-state index in [1.54, 1.807) is 12.4 Å². The number of hydrogen-bond donors (Lipinski definition) is 0. The Morgan fingerprint density at radius 1 is 1.00 bits per heavy atom. The molecule has 154 valence electrons. The molecule has 2 fully saturated rings. The average molecular weight is 414 g/mol. The van der Waals surface area contributed by atoms with Gasteiger partial charge < -0.3 is 9.64 Å². The topological polar surface area (TPSA) is 45.7 Å². The molecule has 1 aromatic carbocycles. The lowest BCUT2D eigenvalue weighted by atomic mass is 9.98. The van der Waals surface area contributed by atoms with Crippen LogP contribution in [0, 0.1) is 0 Å². The van der Waals surface area contributed by atoms with Gasteiger partial charge in [0.2, 0.25) is 5.91 Å². The zero-order valence-corrected chi connectivity index (χ0v) is 17.4. The Labute approximate surface area is 177 Å². The van der Waals surface area contributed by atoms with Crippen LogP contribution in [0.15, 0.2) is 48.8 Å². The van der Waals surface area contributed by atoms with Crippen molar-refractivity contribution in [3.05, 3.63) is 59.4 Å². The molecule has 3 heterocycles. The Kier molecular flexibility index (Phi) is 6.67. The van der Waals surface area contributed by atoms with Crippen molar-refractivity contribution in [2.24, 2.45) is 0 Å². The third kappa shape index (κ3) is 5.28. The van der Waals surface area contributed by atoms with E-state index in [-0.39, 0.29) is 12.0 Å². The monoisotopic (exact) mass is 413 g/mol. The van der Waals surface area contributed by atoms with Gasteiger partial charge in [0.1, 0.15) is 11.9 Å². The lowest BCUT2D eigenvalue weighted by Crippen LogP contribution is -2.50. The highest BCUT2D eigenvalue weighted by atomic mass is 35.5. The van der Waals surface area contributed by atoms with Gasteiger partial charge in [-0.25, -0.2) is 0 Å². The van der Waals surface area contributed by atoms with E-state index in [0.717, 1.165) is 63.2 Å². The van der Waals surface area contributed by atoms with E-state index in [1.165, 1.54) is 0 Å². The minimum Gasteiger partial charge on any atom is -0.490 e. The Hall–Kier alpha value is -2.11. The fourth-order valence-electron chi connectivity index (χ4n) is 4.36. The number of halogens is 1. The Morgan fingerprint density at radius 2 is 1.69 bits per heavy atom. The van der Waals surface area contributed by atoms with Crippen LogP contribution in [0.2, 0.25) is 5.02 Å². The van der Waals surface area contributed by atoms with Gasteiger partial charge in [0.15, 0.2) is 0 Å². The number of likely N-dealkylation sites (tertiary alicyclic amines) is 2. The molecule has 29 heavy (non-hydrogen) atoms. The molecule has 0 bridgehead atoms. The number of aromatic nitrogens is 1. The van der Waals surface area contributed by atoms with E-state index in [9.17, 15) is 4.79 Å². The highest BCUT2D eigenvalue weighted by Gasteiger charge is 2.30. The summed E-state index contributed by atoms with van der Waals surface area (Å²) in [6.45, 7) is 3.80. The zero-order chi connectivity index (χ0) is 20.1. The highest BCUT2D eigenvalue weighted by molar-refractivity contribution is 6.31. The molecule has 2 saturated heterocycles. The van der Waals surface area contributed by atoms with Gasteiger partial charge in [-0.15, -0.1) is 0 Å². The van der Waals surface area contributed by atoms with E-state index in [1.807, 2.05) is 41.3 Å². The molecule has 0 N–H and O–H groups in total. The van der Waals surface area contributed by atoms with Crippen LogP contribution in [0.1, 0.15) is 31.2 Å². The average Bonchev–Trinajstić information content (AvgIpc) is 2.77. The fourth-order valence-corrected chi connectivity index (χ4v) is 4.57. The molecule has 2 aliphatic heterocycles. The predicted octanol–water partition coefficient (Wildman–Crippen LogP) is 3.81. The molecular weight excluding hydrogens is 386 g/mol. The van der Waals surface area contributed by atoms with Crippen LogP contribution in [0.5, 0.6) is 5.75 Å². The van der Waals surface area contributed by atoms with Crippen molar-refractivity contribution < 1.29 is 9.53 Å². The van der Waals surface area contributed by atoms with E-state index in [0.29, 0.717) is 17.5 Å². The minimum absolute atomic E-state index is 0.181. The van der Waals surface area contributed by atoms with Crippen LogP contribution in [0.3, 0.4) is 0 Å². The maximum absolute atomic E-state index is 12.7. The standard InChI is InChI=1S/C23H28ClN3O2/c24-22-4-2-1-3-18(22)17-23(28)27-13-7-19(8-14-27)26-15-9-21(10-16-26)29-20-5-11-25-12-6-20/h1-6,11-12,19,21H,7-10,13-17H2. The first kappa shape index (κ1) is 20.2. The summed E-state index contributed by atoms with van der Waals surface area (Å²) in [5.41, 5.74) is 0.914. The van der Waals surface area contributed by atoms with Gasteiger partial charge in [-0.3, -0.25) is 14.7 Å². The van der Waals surface area contributed by atoms with Crippen LogP contribution >= 0.6 is 11.6 Å². The number of nitrogens with zero attached hydrogens (tertiary/aromatic N) is 3. The van der Waals surface area contributed by atoms with Crippen molar-refractivity contribution in [3.8, 4) is 5.75 Å². The zero-order valence-electron chi connectivity index (χ0n) is 16.7. The molecule has 0 saturated carbocycles. The Morgan fingerprint density at radius 3 is 2.38 bits per heavy atom. The lowest BCUT2D eigenvalue weighted by Gasteiger charge is -2.41. The lowest BCUT2D eigenvalue weighted by molar-refractivity contribution is -0.132. The van der Waals surface area contributed by atoms with Crippen molar-refractivity contribution in [1.82, 2.24) is 14.8 Å². The Balaban J connectivity index is 1.21. The normalized spacial score (nSPS) is 19.3. The molecule has 6 heteroatoms. The number of hydrogen-bond acceptors (Lipinski definition) is 4. The molecule has 2 aliphatic rings. The van der Waals surface area contributed by atoms with Crippen molar-refractivity contribution in [3.63, 3.8) is 0 Å². The van der Waals surface area contributed by atoms with Gasteiger partial charge >= 0.3 is 0 Å². The minimum atomic E-state index is 0.181. The van der Waals surface area contributed by atoms with Crippen LogP contribution < -0.4 is 4.74 Å². The largest absolute Gasteiger partial charge is 0.490 e. The molecule has 5 nitrogen and oxygen atoms in total. The van der Waals surface area contributed by atoms with Crippen molar-refractivity contribution in [1.29, 1.82) is 0 Å². The number of rotatable bonds is 5. The molecule has 0 atom stereocenters. The predicted molar refractivity (Wildman–Crippen MR) is 114 cm³/mol. The molecule has 0 aliphatic carbocycles. The van der Waals surface area contributed by atoms with Gasteiger partial charge in [-0.2, -0.15) is 0 Å². The summed E-state index contributed by atoms with van der Waals surface area (Å²) in [7, 11) is 0. The maximum atomic E-state index is 12.7. The number of piperidine rings is 2. The summed E-state index contributed by atoms with van der Waals surface area (Å²) < 4.78 is 6.08. The van der Waals surface area contributed by atoms with Crippen molar-refractivity contribution in [2.75, 3.05) is 26.2 Å². The first-order chi connectivity index (χ1) is 14.2. The fraction of sp³-hybridized carbons (Fsp3) is 0.478. The first-order valence-electron chi connectivity index (χ1n) is 10.5. The van der Waals surface area contributed by atoms with Crippen molar-refractivity contribution in [2.45, 2.75) is 44.2 Å². The highest BCUT2D eigenvalue weighted by Crippen LogP contribution is 2.24. The van der Waals surface area contributed by atoms with Gasteiger partial charge in [0, 0.05) is 49.6 Å². The van der Waals surface area contributed by atoms with E-state index < -0.39 is 0 Å². The number of amides is 1. The van der Waals surface area contributed by atoms with Crippen LogP contribution in [-0.4, -0.2) is 59.0 Å². The Bertz CT molecular complexity index is 801. The molecule has 0 radical (unpaired) electrons. The smallest absolute Gasteiger partial charge is 0.227 e. The number of pyridine rings is 1. The van der Waals surface area contributed by atoms with Gasteiger partial charge in [0.05, 0.1) is 6.42 Å². The summed E-state index contributed by atoms with van der Waals surface area (Å²) in [5.74, 6) is 1.09. The number of carbonyl (C=O) groups excluding carboxylic acids is 1. The van der Waals surface area contributed by atoms with E-state index in [4.69, 9.17) is 16.3 Å². The number of benzene rings is 1. The molecule has 2 aromatic rings. The summed E-state index contributed by atoms with van der Waals surface area (Å²) in [6, 6.07) is 12.0. The molecule has 1 amide bonds. The van der Waals surface area contributed by atoms with Gasteiger partial charge in [-0.1, -0.05) is 29.8 Å². The summed E-state index contributed by atoms with van der Waals surface area (Å²) in [4.78, 5) is 21.3. The van der Waals surface area contributed by atoms with Gasteiger partial charge in [0.25, 0.3) is 0 Å². The second-order valence-electron chi connectivity index (χ2n) is 7.92. The number of carbonyl (C=O) groups is 1. The maximum Gasteiger partial charge on any atom is 0.227 e. The second-order valence-corrected chi connectivity index (χ2v) is 8.32. The second kappa shape index (κ2) is 9.59. The molecule has 4 rings (SSSR count). The number of ether oxygens (including phenoxy) is 1. The van der Waals surface area contributed by atoms with Crippen LogP contribution in [-0.2, 0) is 11.2 Å². The van der Waals surface area contributed by atoms with Gasteiger partial charge in [-0.05, 0) is 49.4 Å². The molecule has 0 spiro atoms. The third-order valence-corrected chi connectivity index (χ3v) is 6.43. The van der Waals surface area contributed by atoms with Crippen molar-refractivity contribution >= 4 is 17.5 Å². The van der Waals surface area contributed by atoms with Crippen LogP contribution in [0.25, 0.3) is 0 Å². The SMILES string of the molecule is O=C(Cc1ccccc1Cl)N1CCC(N2CCC(Oc3ccncc3)CC2)CC1. The third-order valence-electron chi connectivity index (χ3n) is 6.06. The molecule has 0 unspecified atom stereocenters. The molecule has 1 aromatic heterocycles. The van der Waals surface area contributed by atoms with Crippen LogP contribution in [0.4, 0.5) is 0 Å².